The lowest BCUT2D eigenvalue weighted by molar-refractivity contribution is 0.351. The lowest BCUT2D eigenvalue weighted by Crippen LogP contribution is -2.10. The summed E-state index contributed by atoms with van der Waals surface area (Å²) in [5.41, 5.74) is 7.36. The van der Waals surface area contributed by atoms with E-state index >= 15 is 0 Å². The van der Waals surface area contributed by atoms with Crippen LogP contribution in [0, 0.1) is 0 Å². The number of fused-ring (bicyclic) bond motifs is 1. The second-order valence-electron chi connectivity index (χ2n) is 3.32. The highest BCUT2D eigenvalue weighted by atomic mass is 19.1. The second-order valence-corrected chi connectivity index (χ2v) is 3.32. The van der Waals surface area contributed by atoms with E-state index in [9.17, 15) is 4.39 Å². The molecule has 0 spiro atoms. The quantitative estimate of drug-likeness (QED) is 0.826. The zero-order chi connectivity index (χ0) is 11.4. The molecule has 0 saturated carbocycles. The fourth-order valence-electron chi connectivity index (χ4n) is 1.36. The summed E-state index contributed by atoms with van der Waals surface area (Å²) in [5, 5.41) is 0. The first-order valence-corrected chi connectivity index (χ1v) is 4.88. The molecule has 1 heterocycles. The van der Waals surface area contributed by atoms with Crippen LogP contribution in [0.5, 0.6) is 5.75 Å². The number of aromatic nitrogens is 2. The monoisotopic (exact) mass is 221 g/mol. The third-order valence-corrected chi connectivity index (χ3v) is 2.24. The van der Waals surface area contributed by atoms with Gasteiger partial charge in [-0.25, -0.2) is 9.37 Å². The molecule has 0 atom stereocenters. The number of nitrogens with two attached hydrogens (primary N) is 1. The van der Waals surface area contributed by atoms with Gasteiger partial charge in [0.1, 0.15) is 17.9 Å². The summed E-state index contributed by atoms with van der Waals surface area (Å²) < 4.78 is 17.7. The maximum Gasteiger partial charge on any atom is 0.147 e. The van der Waals surface area contributed by atoms with Crippen molar-refractivity contribution in [1.82, 2.24) is 9.97 Å². The van der Waals surface area contributed by atoms with Crippen molar-refractivity contribution in [2.45, 2.75) is 0 Å². The molecule has 84 valence electrons. The molecule has 2 rings (SSSR count). The van der Waals surface area contributed by atoms with Crippen molar-refractivity contribution in [3.63, 3.8) is 0 Å². The SMILES string of the molecule is NC/C(=C\F)COc1cccc2[nH]cnc12. The number of nitrogens with one attached hydrogen (secondary N) is 1. The van der Waals surface area contributed by atoms with Gasteiger partial charge in [-0.3, -0.25) is 0 Å². The summed E-state index contributed by atoms with van der Waals surface area (Å²) in [6.45, 7) is 0.284. The Morgan fingerprint density at radius 3 is 3.19 bits per heavy atom. The summed E-state index contributed by atoms with van der Waals surface area (Å²) >= 11 is 0. The van der Waals surface area contributed by atoms with Gasteiger partial charge in [0.2, 0.25) is 0 Å². The summed E-state index contributed by atoms with van der Waals surface area (Å²) in [5.74, 6) is 0.617. The number of hydrogen-bond donors (Lipinski definition) is 2. The van der Waals surface area contributed by atoms with Crippen LogP contribution in [-0.4, -0.2) is 23.1 Å². The summed E-state index contributed by atoms with van der Waals surface area (Å²) in [6.07, 6.45) is 2.07. The van der Waals surface area contributed by atoms with E-state index in [0.717, 1.165) is 11.0 Å². The number of aromatic amines is 1. The van der Waals surface area contributed by atoms with Crippen LogP contribution in [0.4, 0.5) is 4.39 Å². The average Bonchev–Trinajstić information content (AvgIpc) is 2.79. The third-order valence-electron chi connectivity index (χ3n) is 2.24. The molecule has 1 aromatic heterocycles. The lowest BCUT2D eigenvalue weighted by Gasteiger charge is -2.07. The van der Waals surface area contributed by atoms with Gasteiger partial charge in [-0.1, -0.05) is 6.07 Å². The number of hydrogen-bond acceptors (Lipinski definition) is 3. The number of H-pyrrole nitrogens is 1. The van der Waals surface area contributed by atoms with Crippen LogP contribution >= 0.6 is 0 Å². The smallest absolute Gasteiger partial charge is 0.147 e. The van der Waals surface area contributed by atoms with Crippen LogP contribution in [0.25, 0.3) is 11.0 Å². The van der Waals surface area contributed by atoms with Crippen LogP contribution < -0.4 is 10.5 Å². The molecule has 0 fully saturated rings. The van der Waals surface area contributed by atoms with Gasteiger partial charge in [0.15, 0.2) is 0 Å². The van der Waals surface area contributed by atoms with Gasteiger partial charge in [-0.2, -0.15) is 0 Å². The van der Waals surface area contributed by atoms with Gasteiger partial charge >= 0.3 is 0 Å². The fourth-order valence-corrected chi connectivity index (χ4v) is 1.36. The number of benzene rings is 1. The van der Waals surface area contributed by atoms with Crippen LogP contribution in [-0.2, 0) is 0 Å². The predicted molar refractivity (Wildman–Crippen MR) is 59.8 cm³/mol. The normalized spacial score (nSPS) is 12.0. The van der Waals surface area contributed by atoms with Crippen LogP contribution in [0.15, 0.2) is 36.4 Å². The number of halogens is 1. The molecule has 3 N–H and O–H groups in total. The maximum atomic E-state index is 12.3. The Hall–Kier alpha value is -1.88. The zero-order valence-corrected chi connectivity index (χ0v) is 8.61. The minimum atomic E-state index is 0.138. The molecule has 0 radical (unpaired) electrons. The molecule has 0 unspecified atom stereocenters. The van der Waals surface area contributed by atoms with Crippen LogP contribution in [0.3, 0.4) is 0 Å². The molecule has 16 heavy (non-hydrogen) atoms. The van der Waals surface area contributed by atoms with Crippen molar-refractivity contribution in [2.24, 2.45) is 5.73 Å². The Bertz CT molecular complexity index is 507. The highest BCUT2D eigenvalue weighted by molar-refractivity contribution is 5.81. The highest BCUT2D eigenvalue weighted by Crippen LogP contribution is 2.22. The molecule has 1 aromatic carbocycles. The Labute approximate surface area is 91.9 Å². The molecule has 0 amide bonds. The fraction of sp³-hybridized carbons (Fsp3) is 0.182. The van der Waals surface area contributed by atoms with Crippen LogP contribution in [0.2, 0.25) is 0 Å². The number of rotatable bonds is 4. The van der Waals surface area contributed by atoms with E-state index in [1.54, 1.807) is 12.4 Å². The largest absolute Gasteiger partial charge is 0.487 e. The summed E-state index contributed by atoms with van der Waals surface area (Å²) in [6, 6.07) is 5.52. The van der Waals surface area contributed by atoms with Gasteiger partial charge in [0.25, 0.3) is 0 Å². The predicted octanol–water partition coefficient (Wildman–Crippen LogP) is 1.75. The minimum Gasteiger partial charge on any atom is -0.487 e. The van der Waals surface area contributed by atoms with Crippen molar-refractivity contribution in [2.75, 3.05) is 13.2 Å². The van der Waals surface area contributed by atoms with E-state index in [1.807, 2.05) is 12.1 Å². The molecule has 0 saturated heterocycles. The molecule has 2 aromatic rings. The number of para-hydroxylation sites is 1. The third kappa shape index (κ3) is 2.04. The Morgan fingerprint density at radius 1 is 1.56 bits per heavy atom. The lowest BCUT2D eigenvalue weighted by atomic mass is 10.3. The van der Waals surface area contributed by atoms with Gasteiger partial charge < -0.3 is 15.5 Å². The molecular weight excluding hydrogens is 209 g/mol. The second kappa shape index (κ2) is 4.76. The molecule has 0 aliphatic carbocycles. The van der Waals surface area contributed by atoms with E-state index in [0.29, 0.717) is 17.7 Å². The van der Waals surface area contributed by atoms with Gasteiger partial charge in [0.05, 0.1) is 18.2 Å². The Morgan fingerprint density at radius 2 is 2.44 bits per heavy atom. The van der Waals surface area contributed by atoms with E-state index in [4.69, 9.17) is 10.5 Å². The van der Waals surface area contributed by atoms with Gasteiger partial charge in [-0.05, 0) is 12.1 Å². The molecule has 0 bridgehead atoms. The Kier molecular flexibility index (Phi) is 3.16. The zero-order valence-electron chi connectivity index (χ0n) is 8.61. The standard InChI is InChI=1S/C11H12FN3O/c12-4-8(5-13)6-16-10-3-1-2-9-11(10)15-7-14-9/h1-4,7H,5-6,13H2,(H,14,15)/b8-4+. The average molecular weight is 221 g/mol. The molecule has 4 nitrogen and oxygen atoms in total. The summed E-state index contributed by atoms with van der Waals surface area (Å²) in [7, 11) is 0. The summed E-state index contributed by atoms with van der Waals surface area (Å²) in [4.78, 5) is 7.09. The molecule has 0 aliphatic heterocycles. The van der Waals surface area contributed by atoms with Crippen molar-refractivity contribution in [3.8, 4) is 5.75 Å². The number of nitrogens with zero attached hydrogens (tertiary/aromatic N) is 1. The van der Waals surface area contributed by atoms with E-state index in [1.165, 1.54) is 0 Å². The molecule has 0 aliphatic rings. The van der Waals surface area contributed by atoms with Crippen LogP contribution in [0.1, 0.15) is 0 Å². The van der Waals surface area contributed by atoms with E-state index in [-0.39, 0.29) is 13.2 Å². The maximum absolute atomic E-state index is 12.3. The first-order chi connectivity index (χ1) is 7.85. The van der Waals surface area contributed by atoms with E-state index in [2.05, 4.69) is 9.97 Å². The topological polar surface area (TPSA) is 63.9 Å². The first-order valence-electron chi connectivity index (χ1n) is 4.88. The van der Waals surface area contributed by atoms with Crippen molar-refractivity contribution in [1.29, 1.82) is 0 Å². The number of imidazole rings is 1. The van der Waals surface area contributed by atoms with Gasteiger partial charge in [0, 0.05) is 12.1 Å². The van der Waals surface area contributed by atoms with E-state index < -0.39 is 0 Å². The van der Waals surface area contributed by atoms with Crippen molar-refractivity contribution >= 4 is 11.0 Å². The highest BCUT2D eigenvalue weighted by Gasteiger charge is 2.04. The molecule has 5 heteroatoms. The Balaban J connectivity index is 2.18. The van der Waals surface area contributed by atoms with Crippen molar-refractivity contribution in [3.05, 3.63) is 36.4 Å². The molecular formula is C11H12FN3O. The van der Waals surface area contributed by atoms with Crippen molar-refractivity contribution < 1.29 is 9.13 Å². The number of ether oxygens (including phenoxy) is 1. The van der Waals surface area contributed by atoms with Gasteiger partial charge in [-0.15, -0.1) is 0 Å². The first kappa shape index (κ1) is 10.6. The minimum absolute atomic E-state index is 0.138.